The van der Waals surface area contributed by atoms with Crippen LogP contribution >= 0.6 is 0 Å². The van der Waals surface area contributed by atoms with Crippen molar-refractivity contribution in [2.45, 2.75) is 0 Å². The second-order valence-corrected chi connectivity index (χ2v) is 12.6. The molecule has 7 aromatic carbocycles. The molecule has 10 aromatic rings. The molecular weight excluding hydrogens is 609 g/mol. The lowest BCUT2D eigenvalue weighted by Crippen LogP contribution is -1.99. The van der Waals surface area contributed by atoms with Crippen molar-refractivity contribution in [3.8, 4) is 45.1 Å². The summed E-state index contributed by atoms with van der Waals surface area (Å²) in [7, 11) is 0. The van der Waals surface area contributed by atoms with E-state index in [-0.39, 0.29) is 0 Å². The second-order valence-electron chi connectivity index (χ2n) is 12.6. The fraction of sp³-hybridized carbons (Fsp3) is 0. The van der Waals surface area contributed by atoms with Crippen LogP contribution in [-0.4, -0.2) is 19.1 Å². The first-order valence-electron chi connectivity index (χ1n) is 16.9. The van der Waals surface area contributed by atoms with E-state index in [9.17, 15) is 0 Å². The Morgan fingerprint density at radius 2 is 0.920 bits per heavy atom. The van der Waals surface area contributed by atoms with Crippen LogP contribution in [0.2, 0.25) is 0 Å². The van der Waals surface area contributed by atoms with Gasteiger partial charge in [0.2, 0.25) is 0 Å². The molecule has 4 nitrogen and oxygen atoms in total. The molecule has 0 aliphatic carbocycles. The van der Waals surface area contributed by atoms with Gasteiger partial charge in [-0.25, -0.2) is 9.97 Å². The summed E-state index contributed by atoms with van der Waals surface area (Å²) in [6.45, 7) is 0. The van der Waals surface area contributed by atoms with Crippen LogP contribution in [0.15, 0.2) is 182 Å². The predicted octanol–water partition coefficient (Wildman–Crippen LogP) is 11.7. The summed E-state index contributed by atoms with van der Waals surface area (Å²) < 4.78 is 4.67. The van der Waals surface area contributed by atoms with E-state index in [0.29, 0.717) is 5.82 Å². The molecule has 3 aromatic heterocycles. The third-order valence-corrected chi connectivity index (χ3v) is 9.71. The van der Waals surface area contributed by atoms with Gasteiger partial charge in [0.1, 0.15) is 5.52 Å². The number of rotatable bonds is 5. The highest BCUT2D eigenvalue weighted by Crippen LogP contribution is 2.39. The van der Waals surface area contributed by atoms with Crippen LogP contribution in [0.3, 0.4) is 0 Å². The maximum Gasteiger partial charge on any atom is 0.160 e. The van der Waals surface area contributed by atoms with Gasteiger partial charge in [0, 0.05) is 38.7 Å². The minimum Gasteiger partial charge on any atom is -0.309 e. The molecule has 0 bridgehead atoms. The second kappa shape index (κ2) is 11.4. The highest BCUT2D eigenvalue weighted by atomic mass is 15.0. The van der Waals surface area contributed by atoms with Gasteiger partial charge in [0.05, 0.1) is 27.8 Å². The van der Waals surface area contributed by atoms with Crippen LogP contribution in [0, 0.1) is 0 Å². The molecular formula is C46H30N4. The van der Waals surface area contributed by atoms with Gasteiger partial charge in [-0.3, -0.25) is 0 Å². The zero-order valence-electron chi connectivity index (χ0n) is 27.1. The van der Waals surface area contributed by atoms with Gasteiger partial charge in [0.15, 0.2) is 5.82 Å². The smallest absolute Gasteiger partial charge is 0.160 e. The molecule has 0 spiro atoms. The van der Waals surface area contributed by atoms with Crippen LogP contribution in [0.25, 0.3) is 88.9 Å². The quantitative estimate of drug-likeness (QED) is 0.188. The summed E-state index contributed by atoms with van der Waals surface area (Å²) in [5.41, 5.74) is 12.9. The molecule has 3 heterocycles. The topological polar surface area (TPSA) is 35.6 Å². The van der Waals surface area contributed by atoms with Crippen molar-refractivity contribution in [2.75, 3.05) is 0 Å². The van der Waals surface area contributed by atoms with E-state index < -0.39 is 0 Å². The molecule has 0 aliphatic heterocycles. The fourth-order valence-electron chi connectivity index (χ4n) is 7.46. The molecule has 10 rings (SSSR count). The Labute approximate surface area is 289 Å². The molecule has 0 amide bonds. The summed E-state index contributed by atoms with van der Waals surface area (Å²) in [6.07, 6.45) is 0. The minimum absolute atomic E-state index is 0.706. The number of nitrogens with zero attached hydrogens (tertiary/aromatic N) is 4. The van der Waals surface area contributed by atoms with Gasteiger partial charge in [0.25, 0.3) is 0 Å². The lowest BCUT2D eigenvalue weighted by Gasteiger charge is -2.12. The highest BCUT2D eigenvalue weighted by molar-refractivity contribution is 6.13. The fourth-order valence-corrected chi connectivity index (χ4v) is 7.46. The van der Waals surface area contributed by atoms with Crippen molar-refractivity contribution in [3.63, 3.8) is 0 Å². The van der Waals surface area contributed by atoms with Crippen molar-refractivity contribution in [3.05, 3.63) is 182 Å². The number of aromatic nitrogens is 4. The van der Waals surface area contributed by atoms with Gasteiger partial charge in [-0.2, -0.15) is 0 Å². The average molecular weight is 639 g/mol. The first-order chi connectivity index (χ1) is 24.8. The van der Waals surface area contributed by atoms with E-state index >= 15 is 0 Å². The highest BCUT2D eigenvalue weighted by Gasteiger charge is 2.22. The Morgan fingerprint density at radius 3 is 1.68 bits per heavy atom. The van der Waals surface area contributed by atoms with Crippen LogP contribution in [-0.2, 0) is 0 Å². The Balaban J connectivity index is 1.22. The van der Waals surface area contributed by atoms with Gasteiger partial charge in [-0.15, -0.1) is 0 Å². The van der Waals surface area contributed by atoms with Crippen LogP contribution in [0.1, 0.15) is 0 Å². The summed E-state index contributed by atoms with van der Waals surface area (Å²) >= 11 is 0. The number of benzene rings is 7. The standard InChI is InChI=1S/C46H30N4/c1-4-15-31(16-5-1)33-19-14-22-36(29-33)49-40-25-12-10-23-37(40)39-30-34(27-28-42(39)49)46-47-43(32-17-6-2-7-18-32)45-44(48-46)38-24-11-13-26-41(38)50(45)35-20-8-3-9-21-35/h1-30H. The van der Waals surface area contributed by atoms with E-state index in [4.69, 9.17) is 9.97 Å². The van der Waals surface area contributed by atoms with Crippen LogP contribution < -0.4 is 0 Å². The molecule has 4 heteroatoms. The predicted molar refractivity (Wildman–Crippen MR) is 207 cm³/mol. The number of hydrogen-bond acceptors (Lipinski definition) is 2. The third-order valence-electron chi connectivity index (χ3n) is 9.71. The molecule has 0 saturated carbocycles. The molecule has 0 radical (unpaired) electrons. The molecule has 0 fully saturated rings. The zero-order chi connectivity index (χ0) is 33.0. The lowest BCUT2D eigenvalue weighted by atomic mass is 10.1. The van der Waals surface area contributed by atoms with Crippen molar-refractivity contribution >= 4 is 43.7 Å². The van der Waals surface area contributed by atoms with E-state index in [0.717, 1.165) is 61.2 Å². The normalized spacial score (nSPS) is 11.6. The van der Waals surface area contributed by atoms with Crippen LogP contribution in [0.4, 0.5) is 0 Å². The Hall–Kier alpha value is -6.78. The number of fused-ring (bicyclic) bond motifs is 6. The SMILES string of the molecule is c1ccc(-c2cccc(-n3c4ccccc4c4cc(-c5nc(-c6ccccc6)c6c(n5)c5ccccc5n6-c5ccccc5)ccc43)c2)cc1. The Morgan fingerprint density at radius 1 is 0.340 bits per heavy atom. The third kappa shape index (κ3) is 4.46. The first-order valence-corrected chi connectivity index (χ1v) is 16.9. The first kappa shape index (κ1) is 28.3. The summed E-state index contributed by atoms with van der Waals surface area (Å²) in [6, 6.07) is 64.2. The Bertz CT molecular complexity index is 2850. The maximum absolute atomic E-state index is 5.38. The summed E-state index contributed by atoms with van der Waals surface area (Å²) in [5, 5.41) is 3.46. The van der Waals surface area contributed by atoms with Gasteiger partial charge >= 0.3 is 0 Å². The maximum atomic E-state index is 5.38. The van der Waals surface area contributed by atoms with Crippen molar-refractivity contribution in [2.24, 2.45) is 0 Å². The minimum atomic E-state index is 0.706. The molecule has 0 atom stereocenters. The number of hydrogen-bond donors (Lipinski definition) is 0. The Kier molecular flexibility index (Phi) is 6.46. The van der Waals surface area contributed by atoms with E-state index in [1.54, 1.807) is 0 Å². The molecule has 234 valence electrons. The van der Waals surface area contributed by atoms with E-state index in [1.165, 1.54) is 21.9 Å². The number of para-hydroxylation sites is 3. The van der Waals surface area contributed by atoms with Gasteiger partial charge < -0.3 is 9.13 Å². The van der Waals surface area contributed by atoms with Crippen molar-refractivity contribution in [1.82, 2.24) is 19.1 Å². The monoisotopic (exact) mass is 638 g/mol. The zero-order valence-corrected chi connectivity index (χ0v) is 27.1. The van der Waals surface area contributed by atoms with E-state index in [2.05, 4.69) is 191 Å². The average Bonchev–Trinajstić information content (AvgIpc) is 3.71. The summed E-state index contributed by atoms with van der Waals surface area (Å²) in [4.78, 5) is 10.7. The van der Waals surface area contributed by atoms with Crippen molar-refractivity contribution in [1.29, 1.82) is 0 Å². The van der Waals surface area contributed by atoms with E-state index in [1.807, 2.05) is 0 Å². The molecule has 0 saturated heterocycles. The van der Waals surface area contributed by atoms with Gasteiger partial charge in [-0.1, -0.05) is 127 Å². The lowest BCUT2D eigenvalue weighted by molar-refractivity contribution is 1.15. The molecule has 0 aliphatic rings. The molecule has 0 N–H and O–H groups in total. The molecule has 50 heavy (non-hydrogen) atoms. The van der Waals surface area contributed by atoms with Gasteiger partial charge in [-0.05, 0) is 65.7 Å². The van der Waals surface area contributed by atoms with Crippen molar-refractivity contribution < 1.29 is 0 Å². The summed E-state index contributed by atoms with van der Waals surface area (Å²) in [5.74, 6) is 0.706. The van der Waals surface area contributed by atoms with Crippen LogP contribution in [0.5, 0.6) is 0 Å². The molecule has 0 unspecified atom stereocenters. The largest absolute Gasteiger partial charge is 0.309 e.